The highest BCUT2D eigenvalue weighted by Crippen LogP contribution is 2.62. The van der Waals surface area contributed by atoms with Crippen LogP contribution in [0.5, 0.6) is 0 Å². The van der Waals surface area contributed by atoms with Crippen molar-refractivity contribution >= 4 is 0 Å². The van der Waals surface area contributed by atoms with Crippen LogP contribution in [0.1, 0.15) is 13.3 Å². The van der Waals surface area contributed by atoms with Gasteiger partial charge in [-0.15, -0.1) is 5.73 Å². The molecule has 0 heterocycles. The molecule has 3 unspecified atom stereocenters. The largest absolute Gasteiger partial charge is 0.410 e. The molecule has 0 aromatic carbocycles. The Balaban J connectivity index is 2.44. The maximum absolute atomic E-state index is 12.2. The van der Waals surface area contributed by atoms with Gasteiger partial charge in [0, 0.05) is 11.6 Å². The van der Waals surface area contributed by atoms with Crippen LogP contribution >= 0.6 is 0 Å². The molecule has 0 amide bonds. The van der Waals surface area contributed by atoms with E-state index in [2.05, 4.69) is 12.3 Å². The summed E-state index contributed by atoms with van der Waals surface area (Å²) in [5.74, 6) is -0.249. The van der Waals surface area contributed by atoms with Crippen molar-refractivity contribution in [2.75, 3.05) is 0 Å². The van der Waals surface area contributed by atoms with Gasteiger partial charge >= 0.3 is 6.18 Å². The number of allylic oxidation sites excluding steroid dienone is 1. The summed E-state index contributed by atoms with van der Waals surface area (Å²) in [5, 5.41) is 9.98. The second-order valence-electron chi connectivity index (χ2n) is 4.29. The van der Waals surface area contributed by atoms with Crippen LogP contribution in [-0.4, -0.2) is 16.9 Å². The van der Waals surface area contributed by atoms with Crippen LogP contribution in [0.15, 0.2) is 29.5 Å². The zero-order valence-electron chi connectivity index (χ0n) is 8.23. The Bertz CT molecular complexity index is 383. The highest BCUT2D eigenvalue weighted by Gasteiger charge is 2.61. The van der Waals surface area contributed by atoms with Gasteiger partial charge in [-0.05, 0) is 30.8 Å². The predicted octanol–water partition coefficient (Wildman–Crippen LogP) is 2.59. The number of hydrogen-bond acceptors (Lipinski definition) is 1. The molecule has 2 aliphatic carbocycles. The van der Waals surface area contributed by atoms with Gasteiger partial charge in [-0.2, -0.15) is 13.2 Å². The van der Waals surface area contributed by atoms with E-state index in [0.29, 0.717) is 6.42 Å². The minimum Gasteiger partial charge on any atom is -0.384 e. The maximum atomic E-state index is 12.2. The number of fused-ring (bicyclic) bond motifs is 1. The maximum Gasteiger partial charge on any atom is 0.410 e. The number of aliphatic hydroxyl groups is 1. The fourth-order valence-corrected chi connectivity index (χ4v) is 2.46. The number of halogens is 3. The lowest BCUT2D eigenvalue weighted by atomic mass is 9.92. The first-order valence-corrected chi connectivity index (χ1v) is 4.70. The Morgan fingerprint density at radius 2 is 2.20 bits per heavy atom. The summed E-state index contributed by atoms with van der Waals surface area (Å²) in [6.45, 7) is 4.87. The smallest absolute Gasteiger partial charge is 0.384 e. The Morgan fingerprint density at radius 1 is 1.60 bits per heavy atom. The number of alkyl halides is 3. The van der Waals surface area contributed by atoms with Gasteiger partial charge in [0.25, 0.3) is 0 Å². The van der Waals surface area contributed by atoms with Gasteiger partial charge < -0.3 is 5.11 Å². The average molecular weight is 216 g/mol. The van der Waals surface area contributed by atoms with Gasteiger partial charge in [0.15, 0.2) is 0 Å². The average Bonchev–Trinajstić information content (AvgIpc) is 2.75. The number of rotatable bonds is 0. The summed E-state index contributed by atoms with van der Waals surface area (Å²) in [4.78, 5) is 0. The minimum absolute atomic E-state index is 0.0876. The van der Waals surface area contributed by atoms with Crippen molar-refractivity contribution in [3.63, 3.8) is 0 Å². The Hall–Kier alpha value is -0.990. The van der Waals surface area contributed by atoms with Crippen LogP contribution in [0.4, 0.5) is 13.2 Å². The Morgan fingerprint density at radius 3 is 2.67 bits per heavy atom. The molecule has 15 heavy (non-hydrogen) atoms. The Labute approximate surface area is 85.6 Å². The normalized spacial score (nSPS) is 41.7. The van der Waals surface area contributed by atoms with E-state index >= 15 is 0 Å². The Kier molecular flexibility index (Phi) is 1.95. The second-order valence-corrected chi connectivity index (χ2v) is 4.29. The van der Waals surface area contributed by atoms with Crippen molar-refractivity contribution in [1.82, 2.24) is 0 Å². The van der Waals surface area contributed by atoms with Gasteiger partial charge in [-0.3, -0.25) is 0 Å². The van der Waals surface area contributed by atoms with Gasteiger partial charge in [-0.25, -0.2) is 0 Å². The van der Waals surface area contributed by atoms with Crippen LogP contribution in [0, 0.1) is 11.8 Å². The van der Waals surface area contributed by atoms with E-state index in [4.69, 9.17) is 0 Å². The lowest BCUT2D eigenvalue weighted by molar-refractivity contribution is -0.0805. The van der Waals surface area contributed by atoms with Gasteiger partial charge in [0.2, 0.25) is 0 Å². The first-order valence-electron chi connectivity index (χ1n) is 4.70. The molecule has 2 fully saturated rings. The quantitative estimate of drug-likeness (QED) is 0.617. The van der Waals surface area contributed by atoms with Crippen LogP contribution in [0.25, 0.3) is 0 Å². The zero-order valence-corrected chi connectivity index (χ0v) is 8.23. The molecule has 1 nitrogen and oxygen atoms in total. The van der Waals surface area contributed by atoms with E-state index in [0.717, 1.165) is 0 Å². The summed E-state index contributed by atoms with van der Waals surface area (Å²) in [5.41, 5.74) is 1.61. The second kappa shape index (κ2) is 2.77. The van der Waals surface area contributed by atoms with Crippen molar-refractivity contribution in [1.29, 1.82) is 0 Å². The third-order valence-electron chi connectivity index (χ3n) is 3.20. The summed E-state index contributed by atoms with van der Waals surface area (Å²) in [7, 11) is 0. The van der Waals surface area contributed by atoms with Crippen molar-refractivity contribution in [2.45, 2.75) is 25.1 Å². The zero-order chi connectivity index (χ0) is 11.4. The molecule has 0 aromatic rings. The molecule has 0 bridgehead atoms. The topological polar surface area (TPSA) is 20.2 Å². The fourth-order valence-electron chi connectivity index (χ4n) is 2.46. The van der Waals surface area contributed by atoms with Crippen LogP contribution in [-0.2, 0) is 0 Å². The van der Waals surface area contributed by atoms with Crippen LogP contribution in [0.2, 0.25) is 0 Å². The molecule has 0 aliphatic heterocycles. The fraction of sp³-hybridized carbons (Fsp3) is 0.545. The minimum atomic E-state index is -4.34. The van der Waals surface area contributed by atoms with Gasteiger partial charge in [0.1, 0.15) is 0 Å². The van der Waals surface area contributed by atoms with Crippen LogP contribution in [0.3, 0.4) is 0 Å². The van der Waals surface area contributed by atoms with E-state index in [-0.39, 0.29) is 29.1 Å². The molecular weight excluding hydrogens is 205 g/mol. The van der Waals surface area contributed by atoms with E-state index in [9.17, 15) is 18.3 Å². The molecule has 2 saturated carbocycles. The molecule has 2 aliphatic rings. The highest BCUT2D eigenvalue weighted by atomic mass is 19.4. The summed E-state index contributed by atoms with van der Waals surface area (Å²) >= 11 is 0. The van der Waals surface area contributed by atoms with E-state index in [1.165, 1.54) is 6.92 Å². The lowest BCUT2D eigenvalue weighted by Crippen LogP contribution is -2.26. The molecule has 4 heteroatoms. The molecule has 0 spiro atoms. The van der Waals surface area contributed by atoms with Gasteiger partial charge in [0.05, 0.1) is 5.60 Å². The predicted molar refractivity (Wildman–Crippen MR) is 49.0 cm³/mol. The molecule has 0 saturated heterocycles. The van der Waals surface area contributed by atoms with Gasteiger partial charge in [-0.1, -0.05) is 6.58 Å². The first kappa shape index (κ1) is 10.5. The molecule has 0 aromatic heterocycles. The molecule has 2 rings (SSSR count). The van der Waals surface area contributed by atoms with Crippen molar-refractivity contribution < 1.29 is 18.3 Å². The standard InChI is InChI=1S/C11H11F3O/c1-3-8-7(5-11(12,13)14)6-4-9(6)10(8,2)15/h5-6,9,15H,1,4H2,2H3/b7-5+. The van der Waals surface area contributed by atoms with E-state index < -0.39 is 11.8 Å². The third-order valence-corrected chi connectivity index (χ3v) is 3.20. The van der Waals surface area contributed by atoms with E-state index in [1.807, 2.05) is 0 Å². The first-order chi connectivity index (χ1) is 6.77. The summed E-state index contributed by atoms with van der Waals surface area (Å²) < 4.78 is 36.7. The molecule has 1 N–H and O–H groups in total. The van der Waals surface area contributed by atoms with Crippen LogP contribution < -0.4 is 0 Å². The van der Waals surface area contributed by atoms with Crippen molar-refractivity contribution in [3.8, 4) is 0 Å². The third kappa shape index (κ3) is 1.54. The summed E-state index contributed by atoms with van der Waals surface area (Å²) in [6, 6.07) is 0. The van der Waals surface area contributed by atoms with Crippen molar-refractivity contribution in [3.05, 3.63) is 29.5 Å². The summed E-state index contributed by atoms with van der Waals surface area (Å²) in [6.07, 6.45) is -3.45. The monoisotopic (exact) mass is 216 g/mol. The molecular formula is C11H11F3O. The number of hydrogen-bond donors (Lipinski definition) is 1. The molecule has 3 atom stereocenters. The van der Waals surface area contributed by atoms with E-state index in [1.54, 1.807) is 0 Å². The lowest BCUT2D eigenvalue weighted by Gasteiger charge is -2.20. The SMILES string of the molecule is C=C=C1/C(=C/C(F)(F)F)C2CC2C1(C)O. The van der Waals surface area contributed by atoms with Crippen molar-refractivity contribution in [2.24, 2.45) is 11.8 Å². The molecule has 0 radical (unpaired) electrons. The highest BCUT2D eigenvalue weighted by molar-refractivity contribution is 5.51. The molecule has 82 valence electrons.